The minimum Gasteiger partial charge on any atom is -0.293 e. The minimum atomic E-state index is 0.0271. The van der Waals surface area contributed by atoms with Crippen molar-refractivity contribution in [2.75, 3.05) is 0 Å². The first-order valence-corrected chi connectivity index (χ1v) is 7.58. The minimum absolute atomic E-state index is 0.0271. The van der Waals surface area contributed by atoms with E-state index in [-0.39, 0.29) is 11.7 Å². The number of benzene rings is 1. The molecule has 0 bridgehead atoms. The predicted molar refractivity (Wildman–Crippen MR) is 81.6 cm³/mol. The monoisotopic (exact) mass is 342 g/mol. The van der Waals surface area contributed by atoms with Gasteiger partial charge in [0.2, 0.25) is 0 Å². The number of halogens is 2. The summed E-state index contributed by atoms with van der Waals surface area (Å²) in [5, 5.41) is 0.678. The maximum atomic E-state index is 11.9. The van der Waals surface area contributed by atoms with Gasteiger partial charge in [-0.15, -0.1) is 11.3 Å². The van der Waals surface area contributed by atoms with E-state index in [4.69, 9.17) is 11.6 Å². The highest BCUT2D eigenvalue weighted by Crippen LogP contribution is 2.37. The molecule has 2 aromatic rings. The molecule has 94 valence electrons. The maximum absolute atomic E-state index is 11.9. The zero-order valence-electron chi connectivity index (χ0n) is 10.0. The Hall–Kier alpha value is -0.640. The van der Waals surface area contributed by atoms with Crippen molar-refractivity contribution in [2.45, 2.75) is 13.8 Å². The van der Waals surface area contributed by atoms with Crippen molar-refractivity contribution in [1.82, 2.24) is 0 Å². The Morgan fingerprint density at radius 1 is 1.28 bits per heavy atom. The van der Waals surface area contributed by atoms with Crippen LogP contribution in [-0.4, -0.2) is 5.78 Å². The quantitative estimate of drug-likeness (QED) is 0.656. The molecule has 0 saturated carbocycles. The Bertz CT molecular complexity index is 589. The Kier molecular flexibility index (Phi) is 4.25. The zero-order chi connectivity index (χ0) is 13.3. The molecule has 0 aliphatic carbocycles. The zero-order valence-corrected chi connectivity index (χ0v) is 13.2. The van der Waals surface area contributed by atoms with E-state index in [9.17, 15) is 4.79 Å². The van der Waals surface area contributed by atoms with E-state index >= 15 is 0 Å². The Morgan fingerprint density at radius 3 is 2.67 bits per heavy atom. The molecule has 0 N–H and O–H groups in total. The molecule has 0 atom stereocenters. The van der Waals surface area contributed by atoms with E-state index in [1.54, 1.807) is 0 Å². The van der Waals surface area contributed by atoms with Gasteiger partial charge in [-0.25, -0.2) is 0 Å². The molecule has 1 aromatic heterocycles. The Morgan fingerprint density at radius 2 is 2.00 bits per heavy atom. The van der Waals surface area contributed by atoms with Crippen molar-refractivity contribution in [3.05, 3.63) is 44.7 Å². The van der Waals surface area contributed by atoms with Gasteiger partial charge in [0.25, 0.3) is 0 Å². The molecule has 2 rings (SSSR count). The molecule has 18 heavy (non-hydrogen) atoms. The standard InChI is InChI=1S/C14H12BrClOS/c1-8(2)14(17)12-7-6-11(18-12)9-4-3-5-10(16)13(9)15/h3-8H,1-2H3. The summed E-state index contributed by atoms with van der Waals surface area (Å²) in [6, 6.07) is 9.59. The summed E-state index contributed by atoms with van der Waals surface area (Å²) in [6.45, 7) is 3.83. The lowest BCUT2D eigenvalue weighted by atomic mass is 10.1. The first-order valence-electron chi connectivity index (χ1n) is 5.59. The van der Waals surface area contributed by atoms with Crippen LogP contribution >= 0.6 is 38.9 Å². The SMILES string of the molecule is CC(C)C(=O)c1ccc(-c2cccc(Cl)c2Br)s1. The van der Waals surface area contributed by atoms with Gasteiger partial charge in [0.1, 0.15) is 0 Å². The molecule has 0 radical (unpaired) electrons. The second-order valence-electron chi connectivity index (χ2n) is 4.28. The molecule has 0 aliphatic rings. The third kappa shape index (κ3) is 2.68. The largest absolute Gasteiger partial charge is 0.293 e. The van der Waals surface area contributed by atoms with Crippen LogP contribution < -0.4 is 0 Å². The number of ketones is 1. The molecular formula is C14H12BrClOS. The summed E-state index contributed by atoms with van der Waals surface area (Å²) in [7, 11) is 0. The van der Waals surface area contributed by atoms with E-state index < -0.39 is 0 Å². The number of hydrogen-bond donors (Lipinski definition) is 0. The number of rotatable bonds is 3. The van der Waals surface area contributed by atoms with E-state index in [0.717, 1.165) is 19.8 Å². The lowest BCUT2D eigenvalue weighted by molar-refractivity contribution is 0.0943. The molecule has 0 amide bonds. The van der Waals surface area contributed by atoms with Crippen molar-refractivity contribution in [3.8, 4) is 10.4 Å². The number of hydrogen-bond acceptors (Lipinski definition) is 2. The average Bonchev–Trinajstić information content (AvgIpc) is 2.80. The highest BCUT2D eigenvalue weighted by atomic mass is 79.9. The molecular weight excluding hydrogens is 332 g/mol. The van der Waals surface area contributed by atoms with Gasteiger partial charge in [0.15, 0.2) is 5.78 Å². The second-order valence-corrected chi connectivity index (χ2v) is 6.57. The maximum Gasteiger partial charge on any atom is 0.175 e. The van der Waals surface area contributed by atoms with Gasteiger partial charge in [-0.2, -0.15) is 0 Å². The van der Waals surface area contributed by atoms with Crippen molar-refractivity contribution in [3.63, 3.8) is 0 Å². The van der Waals surface area contributed by atoms with Crippen molar-refractivity contribution >= 4 is 44.7 Å². The van der Waals surface area contributed by atoms with E-state index in [0.29, 0.717) is 5.02 Å². The van der Waals surface area contributed by atoms with Crippen LogP contribution in [-0.2, 0) is 0 Å². The molecule has 1 aromatic carbocycles. The third-order valence-electron chi connectivity index (χ3n) is 2.59. The smallest absolute Gasteiger partial charge is 0.175 e. The van der Waals surface area contributed by atoms with Crippen LogP contribution in [0.4, 0.5) is 0 Å². The first-order chi connectivity index (χ1) is 8.50. The third-order valence-corrected chi connectivity index (χ3v) is 5.12. The van der Waals surface area contributed by atoms with Crippen molar-refractivity contribution < 1.29 is 4.79 Å². The molecule has 0 fully saturated rings. The summed E-state index contributed by atoms with van der Waals surface area (Å²) in [5.41, 5.74) is 1.02. The lowest BCUT2D eigenvalue weighted by Crippen LogP contribution is -2.04. The van der Waals surface area contributed by atoms with Crippen LogP contribution in [0.5, 0.6) is 0 Å². The van der Waals surface area contributed by atoms with Gasteiger partial charge in [-0.3, -0.25) is 4.79 Å². The van der Waals surface area contributed by atoms with Crippen LogP contribution in [0.3, 0.4) is 0 Å². The fourth-order valence-corrected chi connectivity index (χ4v) is 3.50. The summed E-state index contributed by atoms with van der Waals surface area (Å²) in [6.07, 6.45) is 0. The summed E-state index contributed by atoms with van der Waals surface area (Å²) in [4.78, 5) is 13.8. The van der Waals surface area contributed by atoms with Crippen LogP contribution in [0, 0.1) is 5.92 Å². The molecule has 4 heteroatoms. The van der Waals surface area contributed by atoms with Crippen LogP contribution in [0.25, 0.3) is 10.4 Å². The molecule has 0 saturated heterocycles. The summed E-state index contributed by atoms with van der Waals surface area (Å²) >= 11 is 11.1. The van der Waals surface area contributed by atoms with Crippen LogP contribution in [0.2, 0.25) is 5.02 Å². The van der Waals surface area contributed by atoms with Gasteiger partial charge in [-0.1, -0.05) is 37.6 Å². The molecule has 0 aliphatic heterocycles. The van der Waals surface area contributed by atoms with Gasteiger partial charge >= 0.3 is 0 Å². The van der Waals surface area contributed by atoms with Gasteiger partial charge in [0.05, 0.1) is 9.90 Å². The number of Topliss-reactive ketones (excluding diaryl/α,β-unsaturated/α-hetero) is 1. The molecule has 1 nitrogen and oxygen atoms in total. The van der Waals surface area contributed by atoms with Gasteiger partial charge in [-0.05, 0) is 34.1 Å². The van der Waals surface area contributed by atoms with E-state index in [1.165, 1.54) is 11.3 Å². The number of thiophene rings is 1. The Labute approximate surface area is 124 Å². The van der Waals surface area contributed by atoms with Gasteiger partial charge in [0, 0.05) is 20.8 Å². The lowest BCUT2D eigenvalue weighted by Gasteiger charge is -2.03. The number of carbonyl (C=O) groups is 1. The average molecular weight is 344 g/mol. The summed E-state index contributed by atoms with van der Waals surface area (Å²) in [5.74, 6) is 0.212. The topological polar surface area (TPSA) is 17.1 Å². The first kappa shape index (κ1) is 13.8. The molecule has 0 unspecified atom stereocenters. The second kappa shape index (κ2) is 5.55. The fourth-order valence-electron chi connectivity index (χ4n) is 1.59. The van der Waals surface area contributed by atoms with Gasteiger partial charge < -0.3 is 0 Å². The molecule has 0 spiro atoms. The predicted octanol–water partition coefficient (Wildman–Crippen LogP) is 5.67. The van der Waals surface area contributed by atoms with Crippen LogP contribution in [0.15, 0.2) is 34.8 Å². The van der Waals surface area contributed by atoms with E-state index in [1.807, 2.05) is 44.2 Å². The van der Waals surface area contributed by atoms with Crippen molar-refractivity contribution in [2.24, 2.45) is 5.92 Å². The molecule has 1 heterocycles. The highest BCUT2D eigenvalue weighted by molar-refractivity contribution is 9.10. The van der Waals surface area contributed by atoms with E-state index in [2.05, 4.69) is 15.9 Å². The number of carbonyl (C=O) groups excluding carboxylic acids is 1. The Balaban J connectivity index is 2.41. The van der Waals surface area contributed by atoms with Crippen molar-refractivity contribution in [1.29, 1.82) is 0 Å². The normalized spacial score (nSPS) is 10.9. The fraction of sp³-hybridized carbons (Fsp3) is 0.214. The van der Waals surface area contributed by atoms with Crippen LogP contribution in [0.1, 0.15) is 23.5 Å². The highest BCUT2D eigenvalue weighted by Gasteiger charge is 2.15. The summed E-state index contributed by atoms with van der Waals surface area (Å²) < 4.78 is 0.872.